The molecule has 0 unspecified atom stereocenters. The largest absolute Gasteiger partial charge is 1.00 e. The van der Waals surface area contributed by atoms with Gasteiger partial charge in [-0.15, -0.1) is 0 Å². The molecule has 0 bridgehead atoms. The molecule has 0 N–H and O–H groups in total. The molecule has 0 rings (SSSR count). The second-order valence-electron chi connectivity index (χ2n) is 4.12. The third kappa shape index (κ3) is 11.1. The lowest BCUT2D eigenvalue weighted by atomic mass is 10.5. The van der Waals surface area contributed by atoms with Crippen LogP contribution in [0.1, 0.15) is 13.8 Å². The highest BCUT2D eigenvalue weighted by Gasteiger charge is 2.23. The molecule has 0 saturated carbocycles. The fourth-order valence-corrected chi connectivity index (χ4v) is 0.916. The van der Waals surface area contributed by atoms with Gasteiger partial charge >= 0.3 is 11.9 Å². The Hall–Kier alpha value is -0.810. The first-order valence-corrected chi connectivity index (χ1v) is 4.35. The summed E-state index contributed by atoms with van der Waals surface area (Å²) >= 11 is 0. The van der Waals surface area contributed by atoms with Gasteiger partial charge in [-0.25, -0.2) is 0 Å². The van der Waals surface area contributed by atoms with Gasteiger partial charge in [-0.3, -0.25) is 9.59 Å². The Morgan fingerprint density at radius 1 is 1.07 bits per heavy atom. The summed E-state index contributed by atoms with van der Waals surface area (Å²) in [6.45, 7) is 3.00. The van der Waals surface area contributed by atoms with Crippen LogP contribution in [0.15, 0.2) is 0 Å². The molecule has 0 aliphatic rings. The maximum Gasteiger partial charge on any atom is 0.305 e. The van der Waals surface area contributed by atoms with Gasteiger partial charge in [-0.2, -0.15) is 0 Å². The normalized spacial score (nSPS) is 10.5. The van der Waals surface area contributed by atoms with E-state index in [-0.39, 0.29) is 12.4 Å². The van der Waals surface area contributed by atoms with E-state index in [1.807, 2.05) is 21.1 Å². The molecule has 0 aliphatic heterocycles. The van der Waals surface area contributed by atoms with Crippen molar-refractivity contribution < 1.29 is 36.0 Å². The second kappa shape index (κ2) is 6.63. The maximum atomic E-state index is 10.7. The summed E-state index contributed by atoms with van der Waals surface area (Å²) in [4.78, 5) is 21.4. The van der Waals surface area contributed by atoms with Crippen molar-refractivity contribution in [3.8, 4) is 0 Å². The Labute approximate surface area is 96.3 Å². The zero-order valence-electron chi connectivity index (χ0n) is 9.74. The first-order chi connectivity index (χ1) is 6.20. The molecule has 0 saturated heterocycles. The Balaban J connectivity index is 0. The van der Waals surface area contributed by atoms with Gasteiger partial charge < -0.3 is 26.4 Å². The van der Waals surface area contributed by atoms with E-state index in [1.54, 1.807) is 0 Å². The number of esters is 2. The number of ether oxygens (including phenoxy) is 2. The van der Waals surface area contributed by atoms with Gasteiger partial charge in [0.15, 0.2) is 6.54 Å². The molecule has 0 aliphatic carbocycles. The Bertz CT molecular complexity index is 209. The summed E-state index contributed by atoms with van der Waals surface area (Å²) in [5.41, 5.74) is 0. The van der Waals surface area contributed by atoms with Crippen LogP contribution in [0.5, 0.6) is 0 Å². The second-order valence-corrected chi connectivity index (χ2v) is 4.12. The van der Waals surface area contributed by atoms with E-state index in [0.717, 1.165) is 0 Å². The molecule has 0 heterocycles. The van der Waals surface area contributed by atoms with Crippen LogP contribution in [0, 0.1) is 0 Å². The molecule has 0 aromatic heterocycles. The summed E-state index contributed by atoms with van der Waals surface area (Å²) in [5.74, 6) is -0.908. The first kappa shape index (κ1) is 16.6. The van der Waals surface area contributed by atoms with Gasteiger partial charge in [0.05, 0.1) is 21.1 Å². The van der Waals surface area contributed by atoms with Crippen LogP contribution in [-0.4, -0.2) is 50.4 Å². The molecule has 0 spiro atoms. The topological polar surface area (TPSA) is 52.6 Å². The van der Waals surface area contributed by atoms with E-state index in [1.165, 1.54) is 13.8 Å². The molecule has 0 aromatic carbocycles. The molecule has 0 amide bonds. The van der Waals surface area contributed by atoms with Gasteiger partial charge in [-0.05, 0) is 0 Å². The van der Waals surface area contributed by atoms with Crippen molar-refractivity contribution in [3.63, 3.8) is 0 Å². The molecule has 0 atom stereocenters. The van der Waals surface area contributed by atoms with Crippen LogP contribution in [0.3, 0.4) is 0 Å². The molecule has 0 radical (unpaired) electrons. The van der Waals surface area contributed by atoms with Crippen molar-refractivity contribution in [2.75, 3.05) is 27.7 Å². The van der Waals surface area contributed by atoms with Gasteiger partial charge in [0.25, 0.3) is 6.29 Å². The predicted octanol–water partition coefficient (Wildman–Crippen LogP) is -2.85. The fourth-order valence-electron chi connectivity index (χ4n) is 0.916. The van der Waals surface area contributed by atoms with Crippen molar-refractivity contribution in [1.29, 1.82) is 0 Å². The molecular formula is C9H18ClNO4. The number of carbonyl (C=O) groups excluding carboxylic acids is 2. The highest BCUT2D eigenvalue weighted by Crippen LogP contribution is 2.02. The lowest BCUT2D eigenvalue weighted by Crippen LogP contribution is -3.00. The first-order valence-electron chi connectivity index (χ1n) is 4.35. The number of quaternary nitrogens is 1. The van der Waals surface area contributed by atoms with Gasteiger partial charge in [-0.1, -0.05) is 0 Å². The Morgan fingerprint density at radius 2 is 1.40 bits per heavy atom. The average Bonchev–Trinajstić information content (AvgIpc) is 1.77. The van der Waals surface area contributed by atoms with Crippen LogP contribution in [0.4, 0.5) is 0 Å². The average molecular weight is 240 g/mol. The van der Waals surface area contributed by atoms with Gasteiger partial charge in [0.2, 0.25) is 0 Å². The lowest BCUT2D eigenvalue weighted by Gasteiger charge is -2.27. The third-order valence-corrected chi connectivity index (χ3v) is 1.29. The van der Waals surface area contributed by atoms with Crippen LogP contribution in [0.25, 0.3) is 0 Å². The number of hydrogen-bond acceptors (Lipinski definition) is 4. The number of halogens is 1. The lowest BCUT2D eigenvalue weighted by molar-refractivity contribution is -0.876. The molecule has 0 fully saturated rings. The summed E-state index contributed by atoms with van der Waals surface area (Å²) in [6, 6.07) is 0. The summed E-state index contributed by atoms with van der Waals surface area (Å²) in [7, 11) is 5.75. The van der Waals surface area contributed by atoms with Crippen LogP contribution in [0.2, 0.25) is 0 Å². The third-order valence-electron chi connectivity index (χ3n) is 1.29. The van der Waals surface area contributed by atoms with Gasteiger partial charge in [0, 0.05) is 13.8 Å². The van der Waals surface area contributed by atoms with Crippen molar-refractivity contribution in [3.05, 3.63) is 0 Å². The molecule has 15 heavy (non-hydrogen) atoms. The number of carbonyl (C=O) groups is 2. The van der Waals surface area contributed by atoms with E-state index in [2.05, 4.69) is 0 Å². The van der Waals surface area contributed by atoms with Crippen molar-refractivity contribution in [2.24, 2.45) is 0 Å². The zero-order chi connectivity index (χ0) is 11.4. The smallest absolute Gasteiger partial charge is 0.305 e. The van der Waals surface area contributed by atoms with Crippen molar-refractivity contribution >= 4 is 11.9 Å². The highest BCUT2D eigenvalue weighted by atomic mass is 35.5. The maximum absolute atomic E-state index is 10.7. The van der Waals surface area contributed by atoms with E-state index >= 15 is 0 Å². The van der Waals surface area contributed by atoms with Crippen molar-refractivity contribution in [1.82, 2.24) is 0 Å². The Kier molecular flexibility index (Phi) is 7.35. The Morgan fingerprint density at radius 3 is 1.60 bits per heavy atom. The fraction of sp³-hybridized carbons (Fsp3) is 0.778. The zero-order valence-corrected chi connectivity index (χ0v) is 10.5. The van der Waals surface area contributed by atoms with Crippen molar-refractivity contribution in [2.45, 2.75) is 20.1 Å². The number of nitrogens with zero attached hydrogens (tertiary/aromatic N) is 1. The van der Waals surface area contributed by atoms with Crippen LogP contribution in [-0.2, 0) is 19.1 Å². The summed E-state index contributed by atoms with van der Waals surface area (Å²) in [5, 5.41) is 0. The minimum atomic E-state index is -0.801. The van der Waals surface area contributed by atoms with Crippen LogP contribution >= 0.6 is 0 Å². The van der Waals surface area contributed by atoms with E-state index < -0.39 is 18.2 Å². The van der Waals surface area contributed by atoms with Gasteiger partial charge in [0.1, 0.15) is 0 Å². The quantitative estimate of drug-likeness (QED) is 0.301. The van der Waals surface area contributed by atoms with Crippen LogP contribution < -0.4 is 12.4 Å². The number of hydrogen-bond donors (Lipinski definition) is 0. The molecular weight excluding hydrogens is 222 g/mol. The number of rotatable bonds is 4. The molecule has 90 valence electrons. The molecule has 0 aromatic rings. The molecule has 5 nitrogen and oxygen atoms in total. The van der Waals surface area contributed by atoms with E-state index in [9.17, 15) is 9.59 Å². The molecule has 6 heteroatoms. The summed E-state index contributed by atoms with van der Waals surface area (Å²) < 4.78 is 10.2. The summed E-state index contributed by atoms with van der Waals surface area (Å²) in [6.07, 6.45) is -0.801. The minimum Gasteiger partial charge on any atom is -1.00 e. The highest BCUT2D eigenvalue weighted by molar-refractivity contribution is 5.68. The number of likely N-dealkylation sites (N-methyl/N-ethyl adjacent to an activating group) is 1. The van der Waals surface area contributed by atoms with E-state index in [0.29, 0.717) is 11.0 Å². The SMILES string of the molecule is CC(=O)OC(C[N+](C)(C)C)OC(C)=O.[Cl-]. The predicted molar refractivity (Wildman–Crippen MR) is 50.2 cm³/mol. The monoisotopic (exact) mass is 239 g/mol. The standard InChI is InChI=1S/C9H18NO4.ClH/c1-7(11)13-9(14-8(2)12)6-10(3,4)5;/h9H,6H2,1-5H3;1H/q+1;/p-1. The minimum absolute atomic E-state index is 0. The van der Waals surface area contributed by atoms with E-state index in [4.69, 9.17) is 9.47 Å².